The van der Waals surface area contributed by atoms with Crippen molar-refractivity contribution in [3.63, 3.8) is 0 Å². The number of nitrogens with one attached hydrogen (secondary N) is 1. The second-order valence-corrected chi connectivity index (χ2v) is 8.49. The van der Waals surface area contributed by atoms with Gasteiger partial charge in [0.1, 0.15) is 5.82 Å². The predicted molar refractivity (Wildman–Crippen MR) is 140 cm³/mol. The lowest BCUT2D eigenvalue weighted by Crippen LogP contribution is -2.36. The average molecular weight is 501 g/mol. The predicted octanol–water partition coefficient (Wildman–Crippen LogP) is 4.79. The van der Waals surface area contributed by atoms with Crippen LogP contribution in [0.25, 0.3) is 0 Å². The number of halogens is 1. The molecule has 4 aromatic rings. The molecule has 0 amide bonds. The van der Waals surface area contributed by atoms with Crippen LogP contribution in [0.3, 0.4) is 0 Å². The van der Waals surface area contributed by atoms with Gasteiger partial charge in [-0.2, -0.15) is 5.26 Å². The Morgan fingerprint density at radius 1 is 1.14 bits per heavy atom. The molecule has 7 nitrogen and oxygen atoms in total. The fraction of sp³-hybridized carbons (Fsp3) is 0.185. The highest BCUT2D eigenvalue weighted by Gasteiger charge is 2.15. The van der Waals surface area contributed by atoms with Crippen molar-refractivity contribution in [2.75, 3.05) is 19.0 Å². The summed E-state index contributed by atoms with van der Waals surface area (Å²) in [5, 5.41) is 12.7. The zero-order valence-corrected chi connectivity index (χ0v) is 20.6. The van der Waals surface area contributed by atoms with Crippen LogP contribution in [-0.2, 0) is 19.5 Å². The molecule has 2 aromatic carbocycles. The number of aromatic nitrogens is 3. The number of nitrogens with zero attached hydrogens (tertiary/aromatic N) is 5. The number of rotatable bonds is 9. The number of hydrogen-bond donors (Lipinski definition) is 1. The third-order valence-electron chi connectivity index (χ3n) is 5.68. The van der Waals surface area contributed by atoms with Crippen LogP contribution >= 0.6 is 12.2 Å². The van der Waals surface area contributed by atoms with Crippen LogP contribution in [0.4, 0.5) is 10.1 Å². The highest BCUT2D eigenvalue weighted by atomic mass is 32.1. The van der Waals surface area contributed by atoms with E-state index in [-0.39, 0.29) is 5.82 Å². The second-order valence-electron chi connectivity index (χ2n) is 8.10. The molecule has 0 aliphatic rings. The van der Waals surface area contributed by atoms with Gasteiger partial charge in [0.2, 0.25) is 5.88 Å². The summed E-state index contributed by atoms with van der Waals surface area (Å²) in [6, 6.07) is 19.9. The molecule has 2 aromatic heterocycles. The molecule has 1 N–H and O–H groups in total. The van der Waals surface area contributed by atoms with Crippen LogP contribution in [0.2, 0.25) is 0 Å². The fourth-order valence-corrected chi connectivity index (χ4v) is 3.97. The summed E-state index contributed by atoms with van der Waals surface area (Å²) in [7, 11) is 1.56. The van der Waals surface area contributed by atoms with Crippen molar-refractivity contribution < 1.29 is 9.13 Å². The highest BCUT2D eigenvalue weighted by Crippen LogP contribution is 2.16. The first-order chi connectivity index (χ1) is 17.6. The normalized spacial score (nSPS) is 10.5. The Bertz CT molecular complexity index is 1350. The van der Waals surface area contributed by atoms with Gasteiger partial charge in [-0.3, -0.25) is 0 Å². The molecule has 0 bridgehead atoms. The molecule has 0 saturated heterocycles. The number of thiocarbonyl (C=S) groups is 1. The monoisotopic (exact) mass is 500 g/mol. The van der Waals surface area contributed by atoms with Gasteiger partial charge in [-0.25, -0.2) is 14.4 Å². The van der Waals surface area contributed by atoms with Gasteiger partial charge < -0.3 is 19.5 Å². The maximum absolute atomic E-state index is 14.4. The zero-order valence-electron chi connectivity index (χ0n) is 19.8. The number of anilines is 1. The lowest BCUT2D eigenvalue weighted by molar-refractivity contribution is 0.398. The Labute approximate surface area is 214 Å². The molecule has 0 aliphatic carbocycles. The van der Waals surface area contributed by atoms with Crippen LogP contribution in [0.1, 0.15) is 22.4 Å². The molecule has 0 fully saturated rings. The van der Waals surface area contributed by atoms with Gasteiger partial charge in [-0.05, 0) is 42.0 Å². The summed E-state index contributed by atoms with van der Waals surface area (Å²) in [6.45, 7) is 1.49. The van der Waals surface area contributed by atoms with E-state index in [4.69, 9.17) is 22.2 Å². The van der Waals surface area contributed by atoms with E-state index in [0.29, 0.717) is 53.9 Å². The molecule has 0 saturated carbocycles. The van der Waals surface area contributed by atoms with Crippen LogP contribution in [-0.4, -0.2) is 38.2 Å². The van der Waals surface area contributed by atoms with Gasteiger partial charge in [0.05, 0.1) is 37.0 Å². The zero-order chi connectivity index (χ0) is 25.3. The molecule has 9 heteroatoms. The third-order valence-corrected chi connectivity index (χ3v) is 6.04. The van der Waals surface area contributed by atoms with E-state index >= 15 is 0 Å². The van der Waals surface area contributed by atoms with Crippen LogP contribution < -0.4 is 10.1 Å². The molecule has 2 heterocycles. The van der Waals surface area contributed by atoms with E-state index in [1.807, 2.05) is 35.4 Å². The van der Waals surface area contributed by atoms with Crippen LogP contribution in [0.15, 0.2) is 79.4 Å². The van der Waals surface area contributed by atoms with Crippen molar-refractivity contribution >= 4 is 23.0 Å². The SMILES string of the molecule is COc1ccc(NC(=S)N(CCc2cncn2Cc2ccc(C#N)cc2)Cc2ccccc2F)cn1. The molecular formula is C27H25FN6OS. The molecule has 36 heavy (non-hydrogen) atoms. The van der Waals surface area contributed by atoms with Crippen molar-refractivity contribution in [1.82, 2.24) is 19.4 Å². The van der Waals surface area contributed by atoms with Gasteiger partial charge in [-0.1, -0.05) is 30.3 Å². The van der Waals surface area contributed by atoms with E-state index in [1.165, 1.54) is 6.07 Å². The van der Waals surface area contributed by atoms with Gasteiger partial charge >= 0.3 is 0 Å². The van der Waals surface area contributed by atoms with Crippen molar-refractivity contribution in [3.8, 4) is 11.9 Å². The van der Waals surface area contributed by atoms with Crippen molar-refractivity contribution in [2.24, 2.45) is 0 Å². The minimum absolute atomic E-state index is 0.276. The number of imidazole rings is 1. The Balaban J connectivity index is 1.48. The smallest absolute Gasteiger partial charge is 0.213 e. The van der Waals surface area contributed by atoms with E-state index in [1.54, 1.807) is 50.0 Å². The Morgan fingerprint density at radius 2 is 1.94 bits per heavy atom. The largest absolute Gasteiger partial charge is 0.481 e. The lowest BCUT2D eigenvalue weighted by atomic mass is 10.1. The van der Waals surface area contributed by atoms with E-state index in [9.17, 15) is 4.39 Å². The maximum atomic E-state index is 14.4. The molecular weight excluding hydrogens is 475 g/mol. The number of ether oxygens (including phenoxy) is 1. The highest BCUT2D eigenvalue weighted by molar-refractivity contribution is 7.80. The van der Waals surface area contributed by atoms with Crippen LogP contribution in [0, 0.1) is 17.1 Å². The van der Waals surface area contributed by atoms with Crippen molar-refractivity contribution in [1.29, 1.82) is 5.26 Å². The minimum atomic E-state index is -0.276. The van der Waals surface area contributed by atoms with Gasteiger partial charge in [0.15, 0.2) is 5.11 Å². The Kier molecular flexibility index (Phi) is 8.21. The van der Waals surface area contributed by atoms with Gasteiger partial charge in [-0.15, -0.1) is 0 Å². The Hall–Kier alpha value is -4.29. The van der Waals surface area contributed by atoms with E-state index in [0.717, 1.165) is 11.3 Å². The topological polar surface area (TPSA) is 79.0 Å². The summed E-state index contributed by atoms with van der Waals surface area (Å²) in [4.78, 5) is 10.5. The third kappa shape index (κ3) is 6.43. The number of pyridine rings is 1. The first-order valence-corrected chi connectivity index (χ1v) is 11.7. The van der Waals surface area contributed by atoms with Gasteiger partial charge in [0, 0.05) is 49.6 Å². The van der Waals surface area contributed by atoms with E-state index in [2.05, 4.69) is 25.9 Å². The summed E-state index contributed by atoms with van der Waals surface area (Å²) in [6.07, 6.45) is 5.90. The number of nitriles is 1. The lowest BCUT2D eigenvalue weighted by Gasteiger charge is -2.26. The van der Waals surface area contributed by atoms with E-state index < -0.39 is 0 Å². The van der Waals surface area contributed by atoms with Crippen molar-refractivity contribution in [3.05, 3.63) is 108 Å². The number of benzene rings is 2. The summed E-state index contributed by atoms with van der Waals surface area (Å²) in [5.41, 5.74) is 3.99. The quantitative estimate of drug-likeness (QED) is 0.331. The first-order valence-electron chi connectivity index (χ1n) is 11.3. The molecule has 0 spiro atoms. The molecule has 0 aliphatic heterocycles. The second kappa shape index (κ2) is 11.9. The minimum Gasteiger partial charge on any atom is -0.481 e. The van der Waals surface area contributed by atoms with Crippen LogP contribution in [0.5, 0.6) is 5.88 Å². The molecule has 0 unspecified atom stereocenters. The molecule has 0 atom stereocenters. The van der Waals surface area contributed by atoms with Gasteiger partial charge in [0.25, 0.3) is 0 Å². The standard InChI is InChI=1S/C27H25FN6OS/c1-35-26-11-10-23(15-31-26)32-27(36)33(18-22-4-2-3-5-25(22)28)13-12-24-16-30-19-34(24)17-21-8-6-20(14-29)7-9-21/h2-11,15-16,19H,12-13,17-18H2,1H3,(H,32,36). The average Bonchev–Trinajstić information content (AvgIpc) is 3.35. The molecule has 0 radical (unpaired) electrons. The molecule has 4 rings (SSSR count). The van der Waals surface area contributed by atoms with Crippen molar-refractivity contribution in [2.45, 2.75) is 19.5 Å². The maximum Gasteiger partial charge on any atom is 0.213 e. The number of hydrogen-bond acceptors (Lipinski definition) is 5. The Morgan fingerprint density at radius 3 is 2.64 bits per heavy atom. The summed E-state index contributed by atoms with van der Waals surface area (Å²) in [5.74, 6) is 0.229. The first kappa shape index (κ1) is 24.8. The fourth-order valence-electron chi connectivity index (χ4n) is 3.69. The molecule has 182 valence electrons. The summed E-state index contributed by atoms with van der Waals surface area (Å²) >= 11 is 5.70. The number of methoxy groups -OCH3 is 1. The summed E-state index contributed by atoms with van der Waals surface area (Å²) < 4.78 is 21.6.